The Labute approximate surface area is 159 Å². The number of hydrogen-bond acceptors (Lipinski definition) is 4. The first kappa shape index (κ1) is 18.8. The third-order valence-electron chi connectivity index (χ3n) is 4.76. The van der Waals surface area contributed by atoms with E-state index in [2.05, 4.69) is 0 Å². The summed E-state index contributed by atoms with van der Waals surface area (Å²) in [4.78, 5) is 28.5. The van der Waals surface area contributed by atoms with Crippen LogP contribution in [0.5, 0.6) is 11.5 Å². The summed E-state index contributed by atoms with van der Waals surface area (Å²) >= 11 is 0. The lowest BCUT2D eigenvalue weighted by molar-refractivity contribution is -0.121. The van der Waals surface area contributed by atoms with Gasteiger partial charge in [0.1, 0.15) is 6.54 Å². The van der Waals surface area contributed by atoms with E-state index in [9.17, 15) is 9.59 Å². The SMILES string of the molecule is COc1ccc(N(CC(=O)N2CCCc3ccccc32)C(C)=O)cc1OC. The van der Waals surface area contributed by atoms with E-state index in [4.69, 9.17) is 9.47 Å². The predicted molar refractivity (Wildman–Crippen MR) is 105 cm³/mol. The molecular formula is C21H24N2O4. The second kappa shape index (κ2) is 8.12. The van der Waals surface area contributed by atoms with Crippen LogP contribution in [0.25, 0.3) is 0 Å². The van der Waals surface area contributed by atoms with Crippen LogP contribution in [0.15, 0.2) is 42.5 Å². The summed E-state index contributed by atoms with van der Waals surface area (Å²) in [6, 6.07) is 13.1. The van der Waals surface area contributed by atoms with Gasteiger partial charge in [0.25, 0.3) is 0 Å². The van der Waals surface area contributed by atoms with Crippen molar-refractivity contribution < 1.29 is 19.1 Å². The largest absolute Gasteiger partial charge is 0.493 e. The van der Waals surface area contributed by atoms with Gasteiger partial charge in [-0.25, -0.2) is 0 Å². The molecule has 1 aliphatic rings. The Morgan fingerprint density at radius 1 is 1.07 bits per heavy atom. The van der Waals surface area contributed by atoms with Gasteiger partial charge in [-0.3, -0.25) is 9.59 Å². The first-order valence-corrected chi connectivity index (χ1v) is 8.93. The van der Waals surface area contributed by atoms with Gasteiger partial charge in [0.15, 0.2) is 11.5 Å². The van der Waals surface area contributed by atoms with Gasteiger partial charge < -0.3 is 19.3 Å². The van der Waals surface area contributed by atoms with E-state index < -0.39 is 0 Å². The van der Waals surface area contributed by atoms with E-state index in [0.717, 1.165) is 24.1 Å². The number of hydrogen-bond donors (Lipinski definition) is 0. The Morgan fingerprint density at radius 3 is 2.52 bits per heavy atom. The zero-order valence-corrected chi connectivity index (χ0v) is 15.9. The monoisotopic (exact) mass is 368 g/mol. The summed E-state index contributed by atoms with van der Waals surface area (Å²) in [5.41, 5.74) is 2.70. The molecule has 0 fully saturated rings. The number of methoxy groups -OCH3 is 2. The van der Waals surface area contributed by atoms with Crippen LogP contribution in [0.2, 0.25) is 0 Å². The van der Waals surface area contributed by atoms with Crippen LogP contribution in [-0.4, -0.2) is 39.1 Å². The Hall–Kier alpha value is -3.02. The number of anilines is 2. The van der Waals surface area contributed by atoms with Crippen molar-refractivity contribution in [2.24, 2.45) is 0 Å². The van der Waals surface area contributed by atoms with E-state index in [1.165, 1.54) is 18.9 Å². The third-order valence-corrected chi connectivity index (χ3v) is 4.76. The van der Waals surface area contributed by atoms with Crippen LogP contribution in [0.1, 0.15) is 18.9 Å². The quantitative estimate of drug-likeness (QED) is 0.814. The lowest BCUT2D eigenvalue weighted by Gasteiger charge is -2.31. The van der Waals surface area contributed by atoms with Crippen molar-refractivity contribution in [1.82, 2.24) is 0 Å². The van der Waals surface area contributed by atoms with Crippen molar-refractivity contribution in [1.29, 1.82) is 0 Å². The summed E-state index contributed by atoms with van der Waals surface area (Å²) in [6.07, 6.45) is 1.88. The van der Waals surface area contributed by atoms with Gasteiger partial charge in [0, 0.05) is 30.9 Å². The number of fused-ring (bicyclic) bond motifs is 1. The number of carbonyl (C=O) groups excluding carboxylic acids is 2. The predicted octanol–water partition coefficient (Wildman–Crippen LogP) is 3.04. The fraction of sp³-hybridized carbons (Fsp3) is 0.333. The fourth-order valence-corrected chi connectivity index (χ4v) is 3.39. The highest BCUT2D eigenvalue weighted by Gasteiger charge is 2.25. The topological polar surface area (TPSA) is 59.1 Å². The molecule has 3 rings (SSSR count). The molecule has 0 N–H and O–H groups in total. The lowest BCUT2D eigenvalue weighted by atomic mass is 10.0. The summed E-state index contributed by atoms with van der Waals surface area (Å²) in [7, 11) is 3.09. The van der Waals surface area contributed by atoms with Gasteiger partial charge in [0.2, 0.25) is 11.8 Å². The van der Waals surface area contributed by atoms with E-state index >= 15 is 0 Å². The molecule has 6 nitrogen and oxygen atoms in total. The molecule has 2 amide bonds. The molecule has 0 saturated heterocycles. The Kier molecular flexibility index (Phi) is 5.64. The summed E-state index contributed by atoms with van der Waals surface area (Å²) < 4.78 is 10.6. The molecule has 1 aliphatic heterocycles. The number of aryl methyl sites for hydroxylation is 1. The van der Waals surface area contributed by atoms with E-state index in [0.29, 0.717) is 23.7 Å². The Balaban J connectivity index is 1.86. The fourth-order valence-electron chi connectivity index (χ4n) is 3.39. The molecule has 0 spiro atoms. The molecule has 2 aromatic rings. The second-order valence-corrected chi connectivity index (χ2v) is 6.42. The van der Waals surface area contributed by atoms with Crippen LogP contribution in [0, 0.1) is 0 Å². The number of para-hydroxylation sites is 1. The Bertz CT molecular complexity index is 850. The highest BCUT2D eigenvalue weighted by atomic mass is 16.5. The summed E-state index contributed by atoms with van der Waals surface area (Å²) in [6.45, 7) is 2.08. The van der Waals surface area contributed by atoms with Crippen molar-refractivity contribution in [2.45, 2.75) is 19.8 Å². The smallest absolute Gasteiger partial charge is 0.247 e. The van der Waals surface area contributed by atoms with E-state index in [1.807, 2.05) is 24.3 Å². The minimum absolute atomic E-state index is 0.0286. The van der Waals surface area contributed by atoms with Crippen molar-refractivity contribution >= 4 is 23.2 Å². The number of amides is 2. The van der Waals surface area contributed by atoms with Crippen molar-refractivity contribution in [3.8, 4) is 11.5 Å². The summed E-state index contributed by atoms with van der Waals surface area (Å²) in [5, 5.41) is 0. The number of nitrogens with zero attached hydrogens (tertiary/aromatic N) is 2. The first-order chi connectivity index (χ1) is 13.0. The first-order valence-electron chi connectivity index (χ1n) is 8.93. The molecule has 142 valence electrons. The molecule has 0 atom stereocenters. The molecule has 0 aliphatic carbocycles. The average Bonchev–Trinajstić information content (AvgIpc) is 2.70. The number of benzene rings is 2. The lowest BCUT2D eigenvalue weighted by Crippen LogP contribution is -2.44. The molecule has 0 unspecified atom stereocenters. The van der Waals surface area contributed by atoms with Crippen molar-refractivity contribution in [2.75, 3.05) is 37.1 Å². The molecule has 0 saturated carbocycles. The summed E-state index contributed by atoms with van der Waals surface area (Å²) in [5.74, 6) is 0.769. The van der Waals surface area contributed by atoms with Crippen LogP contribution in [0.4, 0.5) is 11.4 Å². The molecule has 6 heteroatoms. The molecule has 0 aromatic heterocycles. The number of carbonyl (C=O) groups is 2. The van der Waals surface area contributed by atoms with Crippen LogP contribution in [0.3, 0.4) is 0 Å². The van der Waals surface area contributed by atoms with Crippen molar-refractivity contribution in [3.05, 3.63) is 48.0 Å². The van der Waals surface area contributed by atoms with Gasteiger partial charge in [0.05, 0.1) is 14.2 Å². The van der Waals surface area contributed by atoms with Gasteiger partial charge in [-0.15, -0.1) is 0 Å². The van der Waals surface area contributed by atoms with Crippen molar-refractivity contribution in [3.63, 3.8) is 0 Å². The minimum atomic E-state index is -0.208. The zero-order chi connectivity index (χ0) is 19.4. The van der Waals surface area contributed by atoms with E-state index in [-0.39, 0.29) is 18.4 Å². The van der Waals surface area contributed by atoms with Gasteiger partial charge in [-0.2, -0.15) is 0 Å². The van der Waals surface area contributed by atoms with Crippen LogP contribution < -0.4 is 19.3 Å². The molecular weight excluding hydrogens is 344 g/mol. The Morgan fingerprint density at radius 2 is 1.81 bits per heavy atom. The van der Waals surface area contributed by atoms with E-state index in [1.54, 1.807) is 30.2 Å². The molecule has 1 heterocycles. The van der Waals surface area contributed by atoms with Crippen LogP contribution >= 0.6 is 0 Å². The standard InChI is InChI=1S/C21H24N2O4/c1-15(24)23(17-10-11-19(26-2)20(13-17)27-3)14-21(25)22-12-6-8-16-7-4-5-9-18(16)22/h4-5,7,9-11,13H,6,8,12,14H2,1-3H3. The highest BCUT2D eigenvalue weighted by molar-refractivity contribution is 6.03. The normalized spacial score (nSPS) is 12.9. The molecule has 2 aromatic carbocycles. The number of ether oxygens (including phenoxy) is 2. The van der Waals surface area contributed by atoms with Gasteiger partial charge >= 0.3 is 0 Å². The molecule has 0 bridgehead atoms. The maximum Gasteiger partial charge on any atom is 0.247 e. The highest BCUT2D eigenvalue weighted by Crippen LogP contribution is 2.32. The zero-order valence-electron chi connectivity index (χ0n) is 15.9. The molecule has 27 heavy (non-hydrogen) atoms. The third kappa shape index (κ3) is 3.89. The minimum Gasteiger partial charge on any atom is -0.493 e. The van der Waals surface area contributed by atoms with Crippen LogP contribution in [-0.2, 0) is 16.0 Å². The maximum atomic E-state index is 13.0. The van der Waals surface area contributed by atoms with Gasteiger partial charge in [-0.05, 0) is 36.6 Å². The average molecular weight is 368 g/mol. The number of rotatable bonds is 5. The maximum absolute atomic E-state index is 13.0. The molecule has 0 radical (unpaired) electrons. The van der Waals surface area contributed by atoms with Gasteiger partial charge in [-0.1, -0.05) is 18.2 Å². The second-order valence-electron chi connectivity index (χ2n) is 6.42.